The number of nitrogens with two attached hydrogens (primary N) is 1. The molecule has 0 radical (unpaired) electrons. The molecule has 106 valence electrons. The molecule has 3 aromatic rings. The molecule has 0 unspecified atom stereocenters. The molecule has 0 bridgehead atoms. The third kappa shape index (κ3) is 2.45. The highest BCUT2D eigenvalue weighted by Gasteiger charge is 2.09. The normalized spacial score (nSPS) is 10.8. The third-order valence-corrected chi connectivity index (χ3v) is 3.44. The van der Waals surface area contributed by atoms with Gasteiger partial charge in [-0.15, -0.1) is 0 Å². The van der Waals surface area contributed by atoms with Crippen LogP contribution in [0.2, 0.25) is 5.02 Å². The number of anilines is 1. The largest absolute Gasteiger partial charge is 0.495 e. The van der Waals surface area contributed by atoms with Gasteiger partial charge in [0.1, 0.15) is 17.1 Å². The Bertz CT molecular complexity index is 886. The van der Waals surface area contributed by atoms with Crippen molar-refractivity contribution in [1.29, 1.82) is 0 Å². The molecular weight excluding hydrogens is 290 g/mol. The smallest absolute Gasteiger partial charge is 0.193 e. The van der Waals surface area contributed by atoms with Crippen LogP contribution in [0.5, 0.6) is 5.75 Å². The average molecular weight is 302 g/mol. The van der Waals surface area contributed by atoms with E-state index in [1.54, 1.807) is 43.5 Å². The minimum absolute atomic E-state index is 0.150. The predicted molar refractivity (Wildman–Crippen MR) is 83.9 cm³/mol. The summed E-state index contributed by atoms with van der Waals surface area (Å²) in [6.07, 6.45) is 0. The zero-order valence-corrected chi connectivity index (χ0v) is 12.0. The molecule has 5 heteroatoms. The second kappa shape index (κ2) is 5.14. The Morgan fingerprint density at radius 3 is 2.67 bits per heavy atom. The van der Waals surface area contributed by atoms with E-state index in [1.807, 2.05) is 0 Å². The van der Waals surface area contributed by atoms with Gasteiger partial charge >= 0.3 is 0 Å². The van der Waals surface area contributed by atoms with E-state index < -0.39 is 0 Å². The Balaban J connectivity index is 2.19. The highest BCUT2D eigenvalue weighted by Crippen LogP contribution is 2.29. The molecule has 4 nitrogen and oxygen atoms in total. The molecule has 0 saturated carbocycles. The van der Waals surface area contributed by atoms with E-state index in [-0.39, 0.29) is 5.43 Å². The molecule has 0 saturated heterocycles. The maximum Gasteiger partial charge on any atom is 0.193 e. The molecule has 1 aromatic heterocycles. The van der Waals surface area contributed by atoms with Crippen molar-refractivity contribution < 1.29 is 9.15 Å². The summed E-state index contributed by atoms with van der Waals surface area (Å²) in [5.41, 5.74) is 7.40. The van der Waals surface area contributed by atoms with Crippen molar-refractivity contribution in [3.05, 3.63) is 57.7 Å². The quantitative estimate of drug-likeness (QED) is 0.733. The van der Waals surface area contributed by atoms with Crippen LogP contribution in [0, 0.1) is 0 Å². The second-order valence-corrected chi connectivity index (χ2v) is 5.01. The first-order valence-corrected chi connectivity index (χ1v) is 6.63. The molecule has 3 rings (SSSR count). The van der Waals surface area contributed by atoms with Crippen molar-refractivity contribution in [1.82, 2.24) is 0 Å². The van der Waals surface area contributed by atoms with Crippen LogP contribution in [0.25, 0.3) is 22.3 Å². The van der Waals surface area contributed by atoms with Crippen LogP contribution in [0.15, 0.2) is 51.7 Å². The van der Waals surface area contributed by atoms with E-state index in [9.17, 15) is 4.79 Å². The lowest BCUT2D eigenvalue weighted by Gasteiger charge is -2.07. The number of hydrogen-bond acceptors (Lipinski definition) is 4. The fourth-order valence-corrected chi connectivity index (χ4v) is 2.33. The first-order chi connectivity index (χ1) is 10.1. The third-order valence-electron chi connectivity index (χ3n) is 3.20. The Labute approximate surface area is 125 Å². The lowest BCUT2D eigenvalue weighted by molar-refractivity contribution is 0.417. The average Bonchev–Trinajstić information content (AvgIpc) is 2.47. The Hall–Kier alpha value is -2.46. The number of fused-ring (bicyclic) bond motifs is 1. The van der Waals surface area contributed by atoms with Crippen molar-refractivity contribution in [3.63, 3.8) is 0 Å². The van der Waals surface area contributed by atoms with Gasteiger partial charge in [-0.25, -0.2) is 0 Å². The van der Waals surface area contributed by atoms with Crippen LogP contribution >= 0.6 is 11.6 Å². The van der Waals surface area contributed by atoms with Crippen LogP contribution in [0.1, 0.15) is 0 Å². The number of benzene rings is 2. The number of ether oxygens (including phenoxy) is 1. The number of methoxy groups -OCH3 is 1. The lowest BCUT2D eigenvalue weighted by atomic mass is 10.1. The predicted octanol–water partition coefficient (Wildman–Crippen LogP) is 3.70. The monoisotopic (exact) mass is 301 g/mol. The van der Waals surface area contributed by atoms with E-state index in [4.69, 9.17) is 26.5 Å². The Morgan fingerprint density at radius 1 is 1.14 bits per heavy atom. The van der Waals surface area contributed by atoms with Crippen molar-refractivity contribution in [2.24, 2.45) is 0 Å². The molecular formula is C16H12ClNO3. The number of rotatable bonds is 2. The summed E-state index contributed by atoms with van der Waals surface area (Å²) in [6, 6.07) is 11.6. The fourth-order valence-electron chi connectivity index (χ4n) is 2.16. The topological polar surface area (TPSA) is 65.5 Å². The minimum atomic E-state index is -0.150. The van der Waals surface area contributed by atoms with Gasteiger partial charge in [0.15, 0.2) is 5.43 Å². The van der Waals surface area contributed by atoms with E-state index in [0.717, 1.165) is 0 Å². The SMILES string of the molecule is COc1ccc(-c2cc(=O)c3cc(Cl)ccc3o2)cc1N. The van der Waals surface area contributed by atoms with Gasteiger partial charge in [-0.3, -0.25) is 4.79 Å². The first-order valence-electron chi connectivity index (χ1n) is 6.26. The van der Waals surface area contributed by atoms with Crippen LogP contribution in [-0.2, 0) is 0 Å². The van der Waals surface area contributed by atoms with Crippen molar-refractivity contribution >= 4 is 28.3 Å². The van der Waals surface area contributed by atoms with Gasteiger partial charge in [0.25, 0.3) is 0 Å². The highest BCUT2D eigenvalue weighted by molar-refractivity contribution is 6.31. The van der Waals surface area contributed by atoms with Crippen LogP contribution in [0.3, 0.4) is 0 Å². The molecule has 0 aliphatic carbocycles. The van der Waals surface area contributed by atoms with Gasteiger partial charge in [-0.05, 0) is 36.4 Å². The molecule has 0 spiro atoms. The van der Waals surface area contributed by atoms with Gasteiger partial charge < -0.3 is 14.9 Å². The number of nitrogen functional groups attached to an aromatic ring is 1. The molecule has 2 aromatic carbocycles. The fraction of sp³-hybridized carbons (Fsp3) is 0.0625. The summed E-state index contributed by atoms with van der Waals surface area (Å²) in [7, 11) is 1.55. The standard InChI is InChI=1S/C16H12ClNO3/c1-20-15-4-2-9(6-12(15)18)16-8-13(19)11-7-10(17)3-5-14(11)21-16/h2-8H,18H2,1H3. The maximum absolute atomic E-state index is 12.2. The maximum atomic E-state index is 12.2. The molecule has 21 heavy (non-hydrogen) atoms. The molecule has 0 amide bonds. The summed E-state index contributed by atoms with van der Waals surface area (Å²) in [6.45, 7) is 0. The summed E-state index contributed by atoms with van der Waals surface area (Å²) in [5.74, 6) is 1.03. The van der Waals surface area contributed by atoms with Gasteiger partial charge in [-0.2, -0.15) is 0 Å². The highest BCUT2D eigenvalue weighted by atomic mass is 35.5. The first kappa shape index (κ1) is 13.5. The van der Waals surface area contributed by atoms with Gasteiger partial charge in [0.05, 0.1) is 18.2 Å². The Morgan fingerprint density at radius 2 is 1.95 bits per heavy atom. The molecule has 0 aliphatic heterocycles. The van der Waals surface area contributed by atoms with Crippen LogP contribution in [-0.4, -0.2) is 7.11 Å². The zero-order valence-electron chi connectivity index (χ0n) is 11.2. The van der Waals surface area contributed by atoms with Gasteiger partial charge in [0.2, 0.25) is 0 Å². The summed E-state index contributed by atoms with van der Waals surface area (Å²) < 4.78 is 10.9. The van der Waals surface area contributed by atoms with Crippen molar-refractivity contribution in [2.45, 2.75) is 0 Å². The number of hydrogen-bond donors (Lipinski definition) is 1. The molecule has 2 N–H and O–H groups in total. The Kier molecular flexibility index (Phi) is 3.31. The van der Waals surface area contributed by atoms with Crippen molar-refractivity contribution in [2.75, 3.05) is 12.8 Å². The van der Waals surface area contributed by atoms with E-state index >= 15 is 0 Å². The van der Waals surface area contributed by atoms with Gasteiger partial charge in [0, 0.05) is 16.7 Å². The zero-order chi connectivity index (χ0) is 15.0. The molecule has 0 fully saturated rings. The summed E-state index contributed by atoms with van der Waals surface area (Å²) in [4.78, 5) is 12.2. The molecule has 1 heterocycles. The molecule has 0 atom stereocenters. The van der Waals surface area contributed by atoms with Crippen LogP contribution in [0.4, 0.5) is 5.69 Å². The van der Waals surface area contributed by atoms with Crippen LogP contribution < -0.4 is 15.9 Å². The number of halogens is 1. The molecule has 0 aliphatic rings. The minimum Gasteiger partial charge on any atom is -0.495 e. The second-order valence-electron chi connectivity index (χ2n) is 4.57. The summed E-state index contributed by atoms with van der Waals surface area (Å²) in [5, 5.41) is 0.948. The van der Waals surface area contributed by atoms with E-state index in [2.05, 4.69) is 0 Å². The van der Waals surface area contributed by atoms with E-state index in [0.29, 0.717) is 38.8 Å². The van der Waals surface area contributed by atoms with Gasteiger partial charge in [-0.1, -0.05) is 11.6 Å². The van der Waals surface area contributed by atoms with Crippen molar-refractivity contribution in [3.8, 4) is 17.1 Å². The summed E-state index contributed by atoms with van der Waals surface area (Å²) >= 11 is 5.89. The lowest BCUT2D eigenvalue weighted by Crippen LogP contribution is -2.00. The van der Waals surface area contributed by atoms with E-state index in [1.165, 1.54) is 6.07 Å².